The number of benzene rings is 3. The fraction of sp³-hybridized carbons (Fsp3) is 0.432. The smallest absolute Gasteiger partial charge is 0.446 e. The van der Waals surface area contributed by atoms with Gasteiger partial charge in [0.1, 0.15) is 47.1 Å². The topological polar surface area (TPSA) is 182 Å². The van der Waals surface area contributed by atoms with Crippen molar-refractivity contribution in [3.05, 3.63) is 108 Å². The van der Waals surface area contributed by atoms with E-state index in [0.29, 0.717) is 24.0 Å². The first-order chi connectivity index (χ1) is 29.5. The number of fused-ring (bicyclic) bond motifs is 3. The zero-order chi connectivity index (χ0) is 42.6. The molecule has 0 radical (unpaired) electrons. The first kappa shape index (κ1) is 41.8. The van der Waals surface area contributed by atoms with Crippen molar-refractivity contribution in [3.63, 3.8) is 0 Å². The second kappa shape index (κ2) is 18.0. The molecular weight excluding hydrogens is 808 g/mol. The summed E-state index contributed by atoms with van der Waals surface area (Å²) in [4.78, 5) is 72.9. The molecule has 3 N–H and O–H groups in total. The van der Waals surface area contributed by atoms with Crippen LogP contribution < -0.4 is 24.8 Å². The van der Waals surface area contributed by atoms with Gasteiger partial charge in [0, 0.05) is 24.4 Å². The normalized spacial score (nSPS) is 25.8. The molecule has 2 aliphatic carbocycles. The van der Waals surface area contributed by atoms with Crippen LogP contribution in [0.4, 0.5) is 14.0 Å². The number of amides is 5. The van der Waals surface area contributed by atoms with Gasteiger partial charge in [0.25, 0.3) is 5.91 Å². The van der Waals surface area contributed by atoms with Gasteiger partial charge in [-0.2, -0.15) is 0 Å². The zero-order valence-electron chi connectivity index (χ0n) is 33.5. The Labute approximate surface area is 352 Å². The lowest BCUT2D eigenvalue weighted by Gasteiger charge is -2.31. The molecular formula is C44H49FN5O10P. The van der Waals surface area contributed by atoms with E-state index in [2.05, 4.69) is 15.7 Å². The van der Waals surface area contributed by atoms with Gasteiger partial charge in [0.2, 0.25) is 11.8 Å². The van der Waals surface area contributed by atoms with Crippen LogP contribution in [0.5, 0.6) is 11.5 Å². The maximum absolute atomic E-state index is 14.6. The van der Waals surface area contributed by atoms with Crippen molar-refractivity contribution in [2.24, 2.45) is 5.92 Å². The Morgan fingerprint density at radius 3 is 2.21 bits per heavy atom. The van der Waals surface area contributed by atoms with Crippen LogP contribution in [0.2, 0.25) is 0 Å². The van der Waals surface area contributed by atoms with Gasteiger partial charge in [0.15, 0.2) is 0 Å². The number of halogens is 1. The van der Waals surface area contributed by atoms with E-state index in [1.807, 2.05) is 12.2 Å². The molecule has 8 rings (SSSR count). The first-order valence-electron chi connectivity index (χ1n) is 20.9. The lowest BCUT2D eigenvalue weighted by Crippen LogP contribution is -2.57. The molecule has 5 atom stereocenters. The third-order valence-electron chi connectivity index (χ3n) is 11.9. The fourth-order valence-corrected chi connectivity index (χ4v) is 9.61. The molecule has 1 unspecified atom stereocenters. The van der Waals surface area contributed by atoms with Crippen LogP contribution in [-0.2, 0) is 41.5 Å². The lowest BCUT2D eigenvalue weighted by atomic mass is 9.96. The Kier molecular flexibility index (Phi) is 12.3. The van der Waals surface area contributed by atoms with Crippen LogP contribution >= 0.6 is 7.75 Å². The summed E-state index contributed by atoms with van der Waals surface area (Å²) >= 11 is 0. The van der Waals surface area contributed by atoms with Crippen molar-refractivity contribution in [3.8, 4) is 11.5 Å². The molecule has 3 aromatic carbocycles. The van der Waals surface area contributed by atoms with Gasteiger partial charge in [-0.3, -0.25) is 19.3 Å². The summed E-state index contributed by atoms with van der Waals surface area (Å²) in [5, 5.41) is 8.12. The van der Waals surface area contributed by atoms with E-state index in [1.165, 1.54) is 15.9 Å². The number of allylic oxidation sites excluding steroid dienone is 1. The molecule has 5 amide bonds. The van der Waals surface area contributed by atoms with Gasteiger partial charge in [0.05, 0.1) is 13.1 Å². The van der Waals surface area contributed by atoms with Crippen LogP contribution in [0.1, 0.15) is 75.3 Å². The molecule has 2 saturated carbocycles. The van der Waals surface area contributed by atoms with Gasteiger partial charge >= 0.3 is 19.9 Å². The molecule has 0 bridgehead atoms. The zero-order valence-corrected chi connectivity index (χ0v) is 34.4. The van der Waals surface area contributed by atoms with E-state index in [9.17, 15) is 32.9 Å². The van der Waals surface area contributed by atoms with Crippen molar-refractivity contribution in [2.45, 2.75) is 107 Å². The van der Waals surface area contributed by atoms with Crippen molar-refractivity contribution in [1.82, 2.24) is 25.5 Å². The fourth-order valence-electron chi connectivity index (χ4n) is 8.24. The maximum Gasteiger partial charge on any atom is 0.543 e. The molecule has 1 saturated heterocycles. The highest BCUT2D eigenvalue weighted by atomic mass is 31.2. The molecule has 5 aliphatic rings. The van der Waals surface area contributed by atoms with Gasteiger partial charge in [-0.1, -0.05) is 73.5 Å². The van der Waals surface area contributed by atoms with Crippen LogP contribution in [0.15, 0.2) is 91.0 Å². The highest BCUT2D eigenvalue weighted by Crippen LogP contribution is 2.50. The average molecular weight is 858 g/mol. The summed E-state index contributed by atoms with van der Waals surface area (Å²) in [5.41, 5.74) is -0.583. The number of nitrogens with one attached hydrogen (secondary N) is 3. The van der Waals surface area contributed by atoms with Gasteiger partial charge in [-0.25, -0.2) is 23.6 Å². The number of hydrogen-bond donors (Lipinski definition) is 3. The second-order valence-electron chi connectivity index (χ2n) is 16.2. The van der Waals surface area contributed by atoms with Crippen LogP contribution in [0.25, 0.3) is 0 Å². The standard InChI is InChI=1S/C44H49FN5O10P/c45-36-22-12-14-29-26-49(28-35(29)36)43(55)58-34-24-38-39(51)47-44(41(53)48-61(56,59-32-16-7-4-8-17-32)60-33-18-9-5-10-19-33)25-30(44)15-6-2-1-3-11-23-37(40(52)50(38)27-34)46-42(54)57-31-20-13-21-31/h4-10,12,14-19,22,30-31,34,37-38H,1-3,11,13,20-21,23-28H2,(H,46,54)(H,47,51)(H,48,53,56)/b15-6-/t30?,34-,37+,38+,44-/m1/s1. The van der Waals surface area contributed by atoms with Crippen molar-refractivity contribution in [2.75, 3.05) is 6.54 Å². The van der Waals surface area contributed by atoms with Crippen LogP contribution in [0, 0.1) is 11.7 Å². The Balaban J connectivity index is 1.05. The van der Waals surface area contributed by atoms with Gasteiger partial charge in [-0.15, -0.1) is 0 Å². The minimum atomic E-state index is -4.50. The summed E-state index contributed by atoms with van der Waals surface area (Å²) in [5.74, 6) is -2.74. The summed E-state index contributed by atoms with van der Waals surface area (Å²) in [6.45, 7) is -0.0759. The molecule has 15 nitrogen and oxygen atoms in total. The minimum absolute atomic E-state index is 0.00636. The Morgan fingerprint density at radius 1 is 0.820 bits per heavy atom. The Hall–Kier alpha value is -5.89. The van der Waals surface area contributed by atoms with E-state index < -0.39 is 73.1 Å². The molecule has 61 heavy (non-hydrogen) atoms. The molecule has 0 aromatic heterocycles. The highest BCUT2D eigenvalue weighted by Gasteiger charge is 2.62. The summed E-state index contributed by atoms with van der Waals surface area (Å²) in [6, 6.07) is 18.7. The van der Waals surface area contributed by atoms with Crippen LogP contribution in [-0.4, -0.2) is 76.1 Å². The highest BCUT2D eigenvalue weighted by molar-refractivity contribution is 7.53. The predicted molar refractivity (Wildman–Crippen MR) is 218 cm³/mol. The molecule has 322 valence electrons. The van der Waals surface area contributed by atoms with E-state index in [1.54, 1.807) is 72.8 Å². The maximum atomic E-state index is 14.6. The first-order valence-corrected chi connectivity index (χ1v) is 22.4. The summed E-state index contributed by atoms with van der Waals surface area (Å²) in [7, 11) is -4.50. The van der Waals surface area contributed by atoms with Crippen molar-refractivity contribution < 1.29 is 51.4 Å². The van der Waals surface area contributed by atoms with Crippen molar-refractivity contribution >= 4 is 37.7 Å². The largest absolute Gasteiger partial charge is 0.543 e. The number of alkyl carbamates (subject to hydrolysis) is 1. The molecule has 0 spiro atoms. The van der Waals surface area contributed by atoms with E-state index >= 15 is 0 Å². The SMILES string of the molecule is O=C(N[C@H]1CCCCC/C=C\C2C[C@@]2(C(=O)NP(=O)(Oc2ccccc2)Oc2ccccc2)NC(=O)[C@@H]2C[C@@H](OC(=O)N3Cc4cccc(F)c4C3)CN2C1=O)OC1CCC1. The number of hydrogen-bond acceptors (Lipinski definition) is 10. The molecule has 17 heteroatoms. The average Bonchev–Trinajstić information content (AvgIpc) is 3.50. The summed E-state index contributed by atoms with van der Waals surface area (Å²) < 4.78 is 52.1. The van der Waals surface area contributed by atoms with Gasteiger partial charge < -0.3 is 34.1 Å². The molecule has 3 aromatic rings. The Morgan fingerprint density at radius 2 is 1.54 bits per heavy atom. The molecule has 3 fully saturated rings. The number of nitrogens with zero attached hydrogens (tertiary/aromatic N) is 2. The number of carbonyl (C=O) groups excluding carboxylic acids is 5. The monoisotopic (exact) mass is 857 g/mol. The summed E-state index contributed by atoms with van der Waals surface area (Å²) in [6.07, 6.45) is 6.49. The van der Waals surface area contributed by atoms with Gasteiger partial charge in [-0.05, 0) is 80.8 Å². The van der Waals surface area contributed by atoms with E-state index in [0.717, 1.165) is 32.1 Å². The molecule has 3 heterocycles. The predicted octanol–water partition coefficient (Wildman–Crippen LogP) is 6.67. The number of rotatable bonds is 9. The second-order valence-corrected chi connectivity index (χ2v) is 17.8. The Bertz CT molecular complexity index is 2160. The van der Waals surface area contributed by atoms with E-state index in [-0.39, 0.29) is 56.5 Å². The molecule has 3 aliphatic heterocycles. The third-order valence-corrected chi connectivity index (χ3v) is 13.3. The lowest BCUT2D eigenvalue weighted by molar-refractivity contribution is -0.141. The van der Waals surface area contributed by atoms with E-state index in [4.69, 9.17) is 18.5 Å². The van der Waals surface area contributed by atoms with Crippen LogP contribution in [0.3, 0.4) is 0 Å². The number of para-hydroxylation sites is 2. The minimum Gasteiger partial charge on any atom is -0.446 e. The number of ether oxygens (including phenoxy) is 2. The van der Waals surface area contributed by atoms with Crippen molar-refractivity contribution in [1.29, 1.82) is 0 Å². The third kappa shape index (κ3) is 9.69. The number of carbonyl (C=O) groups is 5. The quantitative estimate of drug-likeness (QED) is 0.155.